The summed E-state index contributed by atoms with van der Waals surface area (Å²) in [6.45, 7) is 0. The van der Waals surface area contributed by atoms with Crippen LogP contribution in [0.15, 0.2) is 46.0 Å². The Balaban J connectivity index is 2.25. The van der Waals surface area contributed by atoms with E-state index in [1.54, 1.807) is 12.4 Å². The summed E-state index contributed by atoms with van der Waals surface area (Å²) in [5, 5.41) is 0.700. The van der Waals surface area contributed by atoms with E-state index in [2.05, 4.69) is 25.9 Å². The number of nitrogens with zero attached hydrogens (tertiary/aromatic N) is 2. The molecular weight excluding hydrogens is 302 g/mol. The van der Waals surface area contributed by atoms with Crippen molar-refractivity contribution in [2.75, 3.05) is 5.73 Å². The van der Waals surface area contributed by atoms with E-state index in [0.29, 0.717) is 16.5 Å². The third-order valence-corrected chi connectivity index (χ3v) is 2.77. The van der Waals surface area contributed by atoms with Crippen molar-refractivity contribution in [3.63, 3.8) is 0 Å². The van der Waals surface area contributed by atoms with E-state index in [4.69, 9.17) is 17.3 Å². The zero-order valence-electron chi connectivity index (χ0n) is 8.77. The molecule has 0 aliphatic carbocycles. The van der Waals surface area contributed by atoms with Crippen LogP contribution >= 0.6 is 27.5 Å². The van der Waals surface area contributed by atoms with Gasteiger partial charge in [0.2, 0.25) is 0 Å². The van der Waals surface area contributed by atoms with Crippen molar-refractivity contribution in [1.29, 1.82) is 0 Å². The van der Waals surface area contributed by atoms with Gasteiger partial charge in [-0.1, -0.05) is 23.7 Å². The summed E-state index contributed by atoms with van der Waals surface area (Å²) in [6, 6.07) is 9.20. The molecule has 0 aliphatic rings. The van der Waals surface area contributed by atoms with Crippen molar-refractivity contribution in [2.24, 2.45) is 4.99 Å². The molecule has 1 aromatic heterocycles. The van der Waals surface area contributed by atoms with Gasteiger partial charge < -0.3 is 5.73 Å². The number of benzene rings is 1. The van der Waals surface area contributed by atoms with Gasteiger partial charge in [-0.3, -0.25) is 4.99 Å². The Hall–Kier alpha value is -1.39. The lowest BCUT2D eigenvalue weighted by Gasteiger charge is -1.99. The minimum absolute atomic E-state index is 0.401. The number of halogens is 2. The first-order chi connectivity index (χ1) is 8.15. The van der Waals surface area contributed by atoms with Crippen molar-refractivity contribution in [2.45, 2.75) is 0 Å². The third-order valence-electron chi connectivity index (χ3n) is 2.09. The number of pyridine rings is 1. The summed E-state index contributed by atoms with van der Waals surface area (Å²) in [5.41, 5.74) is 7.30. The van der Waals surface area contributed by atoms with Crippen molar-refractivity contribution in [3.8, 4) is 0 Å². The summed E-state index contributed by atoms with van der Waals surface area (Å²) in [4.78, 5) is 8.28. The Labute approximate surface area is 112 Å². The highest BCUT2D eigenvalue weighted by Gasteiger charge is 1.98. The van der Waals surface area contributed by atoms with E-state index in [1.165, 1.54) is 0 Å². The van der Waals surface area contributed by atoms with Crippen LogP contribution in [0.3, 0.4) is 0 Å². The first kappa shape index (κ1) is 12.1. The van der Waals surface area contributed by atoms with E-state index in [0.717, 1.165) is 10.0 Å². The maximum absolute atomic E-state index is 5.79. The van der Waals surface area contributed by atoms with Crippen LogP contribution in [0.2, 0.25) is 5.02 Å². The molecule has 0 fully saturated rings. The Morgan fingerprint density at radius 2 is 2.00 bits per heavy atom. The van der Waals surface area contributed by atoms with E-state index in [-0.39, 0.29) is 0 Å². The quantitative estimate of drug-likeness (QED) is 0.857. The van der Waals surface area contributed by atoms with E-state index in [1.807, 2.05) is 30.3 Å². The molecule has 3 nitrogen and oxygen atoms in total. The van der Waals surface area contributed by atoms with Crippen LogP contribution in [0.4, 0.5) is 11.5 Å². The molecule has 0 atom stereocenters. The molecule has 0 spiro atoms. The summed E-state index contributed by atoms with van der Waals surface area (Å²) in [5.74, 6) is 0.401. The van der Waals surface area contributed by atoms with Crippen LogP contribution in [-0.4, -0.2) is 11.2 Å². The zero-order chi connectivity index (χ0) is 12.3. The lowest BCUT2D eigenvalue weighted by molar-refractivity contribution is 1.30. The summed E-state index contributed by atoms with van der Waals surface area (Å²) in [7, 11) is 0. The largest absolute Gasteiger partial charge is 0.382 e. The maximum atomic E-state index is 5.79. The Kier molecular flexibility index (Phi) is 3.76. The molecule has 2 aromatic rings. The first-order valence-corrected chi connectivity index (χ1v) is 6.03. The average molecular weight is 311 g/mol. The Morgan fingerprint density at radius 3 is 2.71 bits per heavy atom. The van der Waals surface area contributed by atoms with Gasteiger partial charge in [-0.25, -0.2) is 4.98 Å². The summed E-state index contributed by atoms with van der Waals surface area (Å²) >= 11 is 9.12. The minimum Gasteiger partial charge on any atom is -0.382 e. The molecule has 17 heavy (non-hydrogen) atoms. The molecule has 0 aliphatic heterocycles. The van der Waals surface area contributed by atoms with Gasteiger partial charge >= 0.3 is 0 Å². The molecule has 2 N–H and O–H groups in total. The molecular formula is C12H9BrClN3. The van der Waals surface area contributed by atoms with Gasteiger partial charge in [0.1, 0.15) is 11.5 Å². The van der Waals surface area contributed by atoms with E-state index in [9.17, 15) is 0 Å². The molecule has 1 aromatic carbocycles. The van der Waals surface area contributed by atoms with E-state index < -0.39 is 0 Å². The second-order valence-corrected chi connectivity index (χ2v) is 4.72. The van der Waals surface area contributed by atoms with Crippen LogP contribution in [0.1, 0.15) is 5.56 Å². The lowest BCUT2D eigenvalue weighted by Crippen LogP contribution is -1.90. The lowest BCUT2D eigenvalue weighted by atomic mass is 10.2. The number of rotatable bonds is 2. The highest BCUT2D eigenvalue weighted by Crippen LogP contribution is 2.23. The molecule has 0 saturated heterocycles. The normalized spacial score (nSPS) is 10.9. The molecule has 5 heteroatoms. The van der Waals surface area contributed by atoms with Gasteiger partial charge in [0.15, 0.2) is 0 Å². The molecule has 1 heterocycles. The molecule has 0 bridgehead atoms. The smallest absolute Gasteiger partial charge is 0.149 e. The van der Waals surface area contributed by atoms with Crippen molar-refractivity contribution >= 4 is 45.3 Å². The van der Waals surface area contributed by atoms with Crippen LogP contribution in [0.5, 0.6) is 0 Å². The monoisotopic (exact) mass is 309 g/mol. The first-order valence-electron chi connectivity index (χ1n) is 4.86. The number of aliphatic imine (C=N–C) groups is 1. The second-order valence-electron chi connectivity index (χ2n) is 3.37. The molecule has 86 valence electrons. The van der Waals surface area contributed by atoms with Crippen molar-refractivity contribution in [1.82, 2.24) is 4.98 Å². The number of nitrogens with two attached hydrogens (primary N) is 1. The van der Waals surface area contributed by atoms with Gasteiger partial charge in [0, 0.05) is 21.9 Å². The van der Waals surface area contributed by atoms with Gasteiger partial charge in [0.25, 0.3) is 0 Å². The van der Waals surface area contributed by atoms with Crippen LogP contribution in [0, 0.1) is 0 Å². The number of anilines is 1. The van der Waals surface area contributed by atoms with E-state index >= 15 is 0 Å². The molecule has 2 rings (SSSR count). The summed E-state index contributed by atoms with van der Waals surface area (Å²) in [6.07, 6.45) is 3.35. The highest BCUT2D eigenvalue weighted by atomic mass is 79.9. The van der Waals surface area contributed by atoms with Gasteiger partial charge in [-0.2, -0.15) is 0 Å². The average Bonchev–Trinajstić information content (AvgIpc) is 2.32. The Bertz CT molecular complexity index is 552. The molecule has 0 unspecified atom stereocenters. The van der Waals surface area contributed by atoms with Crippen molar-refractivity contribution in [3.05, 3.63) is 51.6 Å². The molecule has 0 amide bonds. The standard InChI is InChI=1S/C12H9BrClN3/c13-9-5-11(12(15)17-7-9)16-6-8-1-3-10(14)4-2-8/h1-7H,(H2,15,17)/b16-6+. The number of nitrogen functional groups attached to an aromatic ring is 1. The van der Waals surface area contributed by atoms with Crippen molar-refractivity contribution < 1.29 is 0 Å². The second kappa shape index (κ2) is 5.29. The zero-order valence-corrected chi connectivity index (χ0v) is 11.1. The molecule has 0 saturated carbocycles. The van der Waals surface area contributed by atoms with Gasteiger partial charge in [0.05, 0.1) is 0 Å². The SMILES string of the molecule is Nc1ncc(Br)cc1/N=C/c1ccc(Cl)cc1. The van der Waals surface area contributed by atoms with Crippen LogP contribution < -0.4 is 5.73 Å². The maximum Gasteiger partial charge on any atom is 0.149 e. The number of hydrogen-bond donors (Lipinski definition) is 1. The van der Waals surface area contributed by atoms with Gasteiger partial charge in [-0.05, 0) is 39.7 Å². The highest BCUT2D eigenvalue weighted by molar-refractivity contribution is 9.10. The fraction of sp³-hybridized carbons (Fsp3) is 0. The minimum atomic E-state index is 0.401. The molecule has 0 radical (unpaired) electrons. The predicted molar refractivity (Wildman–Crippen MR) is 75.1 cm³/mol. The fourth-order valence-corrected chi connectivity index (χ4v) is 1.68. The Morgan fingerprint density at radius 1 is 1.29 bits per heavy atom. The topological polar surface area (TPSA) is 51.3 Å². The van der Waals surface area contributed by atoms with Crippen LogP contribution in [-0.2, 0) is 0 Å². The number of hydrogen-bond acceptors (Lipinski definition) is 3. The summed E-state index contributed by atoms with van der Waals surface area (Å²) < 4.78 is 0.843. The predicted octanol–water partition coefficient (Wildman–Crippen LogP) is 3.83. The fourth-order valence-electron chi connectivity index (χ4n) is 1.24. The number of aromatic nitrogens is 1. The van der Waals surface area contributed by atoms with Crippen LogP contribution in [0.25, 0.3) is 0 Å². The van der Waals surface area contributed by atoms with Gasteiger partial charge in [-0.15, -0.1) is 0 Å². The third kappa shape index (κ3) is 3.28.